The largest absolute Gasteiger partial charge is 0.435 e. The molecule has 0 spiro atoms. The topological polar surface area (TPSA) is 188 Å². The zero-order valence-electron chi connectivity index (χ0n) is 85.4. The van der Waals surface area contributed by atoms with E-state index in [0.717, 1.165) is 184 Å². The van der Waals surface area contributed by atoms with E-state index >= 15 is 0 Å². The van der Waals surface area contributed by atoms with E-state index in [1.807, 2.05) is 245 Å². The van der Waals surface area contributed by atoms with Crippen molar-refractivity contribution < 1.29 is 37.2 Å². The Morgan fingerprint density at radius 2 is 0.621 bits per heavy atom. The summed E-state index contributed by atoms with van der Waals surface area (Å²) in [5.74, 6) is 1.65. The van der Waals surface area contributed by atoms with Crippen LogP contribution in [0.25, 0.3) is 110 Å². The molecule has 7 aromatic carbocycles. The number of aromatic nitrogens is 7. The van der Waals surface area contributed by atoms with Gasteiger partial charge >= 0.3 is 0 Å². The van der Waals surface area contributed by atoms with E-state index in [9.17, 15) is 0 Å². The first-order chi connectivity index (χ1) is 65.5. The molecule has 0 bridgehead atoms. The van der Waals surface area contributed by atoms with Gasteiger partial charge in [0.25, 0.3) is 0 Å². The lowest BCUT2D eigenvalue weighted by molar-refractivity contribution is 0.263. The van der Waals surface area contributed by atoms with Crippen LogP contribution in [0, 0.1) is 69.2 Å². The van der Waals surface area contributed by atoms with Crippen LogP contribution in [0.2, 0.25) is 0 Å². The third kappa shape index (κ3) is 15.9. The fourth-order valence-corrected chi connectivity index (χ4v) is 18.4. The Bertz CT molecular complexity index is 7790. The number of para-hydroxylation sites is 3. The third-order valence-corrected chi connectivity index (χ3v) is 24.9. The molecule has 0 N–H and O–H groups in total. The Labute approximate surface area is 791 Å². The first-order valence-electron chi connectivity index (χ1n) is 48.3. The highest BCUT2D eigenvalue weighted by molar-refractivity contribution is 6.14. The van der Waals surface area contributed by atoms with E-state index in [2.05, 4.69) is 132 Å². The number of benzene rings is 7. The Balaban J connectivity index is 0.000000141. The minimum atomic E-state index is -2.44. The Hall–Kier alpha value is -14.4. The maximum atomic E-state index is 8.44. The van der Waals surface area contributed by atoms with Crippen LogP contribution in [-0.4, -0.2) is 106 Å². The fraction of sp³-hybridized carbons (Fsp3) is 0.300. The fourth-order valence-electron chi connectivity index (χ4n) is 18.4. The maximum Gasteiger partial charge on any atom is 0.227 e. The molecule has 5 aliphatic rings. The molecule has 11 aromatic heterocycles. The van der Waals surface area contributed by atoms with Gasteiger partial charge in [0.2, 0.25) is 28.6 Å². The van der Waals surface area contributed by atoms with Gasteiger partial charge in [-0.05, 0) is 244 Å². The average Bonchev–Trinajstić information content (AvgIpc) is 1.55. The number of fused-ring (bicyclic) bond motifs is 17. The number of anilines is 10. The zero-order chi connectivity index (χ0) is 97.9. The van der Waals surface area contributed by atoms with Crippen LogP contribution < -0.4 is 34.3 Å². The lowest BCUT2D eigenvalue weighted by Gasteiger charge is -2.33. The molecular weight excluding hydrogens is 1640 g/mol. The molecule has 5 aliphatic heterocycles. The van der Waals surface area contributed by atoms with Gasteiger partial charge in [0.05, 0.1) is 42.6 Å². The molecule has 23 rings (SSSR count). The number of hydrogen-bond donors (Lipinski definition) is 0. The molecule has 6 atom stereocenters. The van der Waals surface area contributed by atoms with E-state index in [4.69, 9.17) is 42.1 Å². The summed E-state index contributed by atoms with van der Waals surface area (Å²) < 4.78 is 118. The van der Waals surface area contributed by atoms with Gasteiger partial charge in [-0.3, -0.25) is 4.90 Å². The van der Waals surface area contributed by atoms with E-state index in [0.29, 0.717) is 39.8 Å². The van der Waals surface area contributed by atoms with Crippen molar-refractivity contribution in [3.05, 3.63) is 282 Å². The standard InChI is InChI=1S/C25H21N5O.C22H21N3O.2C20H23N3O.C18H19N3O.5CH4/c1-15-9-11-19-20-12-10-16(2)28-25(20)31-22(19)21(15)30-17(3)29(18-7-5-4-6-8-18)23-24(30)27-14-13-26-23;1-13-9-11-16-17-12-10-14(2)23-22(17)26-21(16)20(13)25-15(3)24(4)18-7-5-6-8-19(18)25;2*1-12(2)22-10-11-23(15(22)5)18-13(3)6-8-16-17-9-7-14(4)21-20(17)24-19(16)18;1-11-5-7-14-15-8-6-12(2)19-18(15)22-17(14)16(11)21-10-9-20(4)13(21)3;;;;;/h4-14,17H,1-3H3;5-12,15H,1-4H3;2*6-12,15H,1-5H3;5-10,13H,1-4H3;5*1H4/i;4D3;1D3,12D;12D;4D3;;;;;. The van der Waals surface area contributed by atoms with Crippen molar-refractivity contribution in [2.45, 2.75) is 211 Å². The van der Waals surface area contributed by atoms with Crippen molar-refractivity contribution in [1.82, 2.24) is 49.6 Å². The molecular formula is C110H127N17O5. The summed E-state index contributed by atoms with van der Waals surface area (Å²) in [7, 11) is 0. The van der Waals surface area contributed by atoms with Gasteiger partial charge in [-0.25, -0.2) is 34.9 Å². The summed E-state index contributed by atoms with van der Waals surface area (Å²) in [4.78, 5) is 51.1. The number of aryl methyl sites for hydroxylation is 10. The first-order valence-corrected chi connectivity index (χ1v) is 42.8. The van der Waals surface area contributed by atoms with Gasteiger partial charge in [0.15, 0.2) is 39.6 Å². The predicted molar refractivity (Wildman–Crippen MR) is 552 cm³/mol. The molecule has 0 fully saturated rings. The molecule has 16 heterocycles. The van der Waals surface area contributed by atoms with Crippen LogP contribution in [0.3, 0.4) is 0 Å². The van der Waals surface area contributed by atoms with Crippen molar-refractivity contribution in [2.24, 2.45) is 0 Å². The summed E-state index contributed by atoms with van der Waals surface area (Å²) in [5, 5.41) is 9.98. The summed E-state index contributed by atoms with van der Waals surface area (Å²) >= 11 is 0. The quantitative estimate of drug-likeness (QED) is 0.140. The van der Waals surface area contributed by atoms with Crippen LogP contribution in [0.4, 0.5) is 57.1 Å². The molecule has 0 saturated heterocycles. The molecule has 18 aromatic rings. The Morgan fingerprint density at radius 1 is 0.303 bits per heavy atom. The second kappa shape index (κ2) is 36.9. The van der Waals surface area contributed by atoms with Crippen LogP contribution >= 0.6 is 0 Å². The highest BCUT2D eigenvalue weighted by Gasteiger charge is 2.41. The monoisotopic (exact) mass is 1780 g/mol. The number of hydrogen-bond acceptors (Lipinski definition) is 22. The molecule has 0 saturated carbocycles. The number of pyridine rings is 5. The summed E-state index contributed by atoms with van der Waals surface area (Å²) in [6.45, 7) is 28.3. The Kier molecular flexibility index (Phi) is 22.3. The van der Waals surface area contributed by atoms with Crippen LogP contribution in [0.5, 0.6) is 0 Å². The van der Waals surface area contributed by atoms with Crippen molar-refractivity contribution in [3.8, 4) is 0 Å². The van der Waals surface area contributed by atoms with E-state index in [1.54, 1.807) is 35.9 Å². The van der Waals surface area contributed by atoms with E-state index < -0.39 is 39.0 Å². The molecule has 0 amide bonds. The second-order valence-electron chi connectivity index (χ2n) is 33.6. The van der Waals surface area contributed by atoms with Crippen LogP contribution in [0.15, 0.2) is 248 Å². The normalized spacial score (nSPS) is 18.5. The van der Waals surface area contributed by atoms with Gasteiger partial charge in [-0.15, -0.1) is 0 Å². The highest BCUT2D eigenvalue weighted by atomic mass is 16.4. The molecule has 132 heavy (non-hydrogen) atoms. The van der Waals surface area contributed by atoms with Crippen molar-refractivity contribution in [1.29, 1.82) is 0 Å². The summed E-state index contributed by atoms with van der Waals surface area (Å²) in [6, 6.07) is 56.3. The summed E-state index contributed by atoms with van der Waals surface area (Å²) in [6.07, 6.45) is 13.3. The lowest BCUT2D eigenvalue weighted by Crippen LogP contribution is -2.39. The second-order valence-corrected chi connectivity index (χ2v) is 33.6. The SMILES string of the molecule is C.C.C.C.C.Cc1ccc2c(n1)oc1c(N3c4nccnc4N(c4ccccc4)C3C)c(C)ccc12.[2H]C(C)(C)N1C=CN(c2c(C)ccc3c2oc2nc(C)ccc23)C1C.[2H]C([2H])([2H])C([2H])(C)N1C=CN(c2c(C)ccc3c2oc2nc(C)ccc23)C1C.[2H]C([2H])([2H])N1C=CN(c2c(C)ccc3c2oc2nc(C)ccc23)C1C.[2H]C([2H])([2H])N1c2ccccc2N(c2c(C)ccc3c2oc2nc(C)ccc23)C1C. The predicted octanol–water partition coefficient (Wildman–Crippen LogP) is 28.8. The van der Waals surface area contributed by atoms with E-state index in [1.165, 1.54) is 16.7 Å². The molecule has 22 heteroatoms. The number of rotatable bonds is 8. The lowest BCUT2D eigenvalue weighted by atomic mass is 10.1. The number of furan rings is 5. The van der Waals surface area contributed by atoms with Crippen molar-refractivity contribution in [3.63, 3.8) is 0 Å². The van der Waals surface area contributed by atoms with Crippen LogP contribution in [0.1, 0.15) is 171 Å². The smallest absolute Gasteiger partial charge is 0.227 e. The van der Waals surface area contributed by atoms with E-state index in [-0.39, 0.29) is 61.8 Å². The molecule has 6 unspecified atom stereocenters. The maximum absolute atomic E-state index is 8.44. The van der Waals surface area contributed by atoms with Crippen molar-refractivity contribution in [2.75, 3.05) is 48.3 Å². The van der Waals surface area contributed by atoms with Gasteiger partial charge in [0.1, 0.15) is 30.8 Å². The zero-order valence-corrected chi connectivity index (χ0v) is 74.4. The first kappa shape index (κ1) is 79.7. The highest BCUT2D eigenvalue weighted by Crippen LogP contribution is 2.52. The van der Waals surface area contributed by atoms with Crippen molar-refractivity contribution >= 4 is 167 Å². The van der Waals surface area contributed by atoms with Gasteiger partial charge in [-0.1, -0.05) is 128 Å². The minimum Gasteiger partial charge on any atom is -0.435 e. The average molecular weight is 1780 g/mol. The van der Waals surface area contributed by atoms with Crippen LogP contribution in [-0.2, 0) is 0 Å². The van der Waals surface area contributed by atoms with Gasteiger partial charge in [0, 0.05) is 176 Å². The number of nitrogens with zero attached hydrogens (tertiary/aromatic N) is 17. The summed E-state index contributed by atoms with van der Waals surface area (Å²) in [5.41, 5.74) is 24.1. The third-order valence-electron chi connectivity index (χ3n) is 24.9. The minimum absolute atomic E-state index is 0. The Morgan fingerprint density at radius 3 is 0.970 bits per heavy atom. The molecule has 22 nitrogen and oxygen atoms in total. The molecule has 682 valence electrons. The molecule has 0 radical (unpaired) electrons. The van der Waals surface area contributed by atoms with Gasteiger partial charge in [-0.2, -0.15) is 0 Å². The van der Waals surface area contributed by atoms with Gasteiger partial charge < -0.3 is 66.2 Å². The molecule has 0 aliphatic carbocycles.